The van der Waals surface area contributed by atoms with Gasteiger partial charge >= 0.3 is 6.36 Å². The smallest absolute Gasteiger partial charge is 0.404 e. The molecule has 0 bridgehead atoms. The Bertz CT molecular complexity index is 380. The van der Waals surface area contributed by atoms with Crippen LogP contribution in [0.2, 0.25) is 0 Å². The second kappa shape index (κ2) is 6.60. The van der Waals surface area contributed by atoms with E-state index in [4.69, 9.17) is 0 Å². The number of halogens is 3. The predicted molar refractivity (Wildman–Crippen MR) is 64.9 cm³/mol. The maximum atomic E-state index is 11.9. The zero-order valence-electron chi connectivity index (χ0n) is 10.7. The molecule has 7 heteroatoms. The Morgan fingerprint density at radius 2 is 2.05 bits per heavy atom. The van der Waals surface area contributed by atoms with Crippen LogP contribution in [0.5, 0.6) is 5.75 Å². The Hall–Kier alpha value is -1.50. The van der Waals surface area contributed by atoms with E-state index in [1.807, 2.05) is 13.8 Å². The maximum absolute atomic E-state index is 11.9. The van der Waals surface area contributed by atoms with Gasteiger partial charge in [-0.05, 0) is 24.5 Å². The average Bonchev–Trinajstić information content (AvgIpc) is 2.29. The fourth-order valence-corrected chi connectivity index (χ4v) is 1.36. The topological polar surface area (TPSA) is 54.4 Å². The Balaban J connectivity index is 2.40. The highest BCUT2D eigenvalue weighted by Gasteiger charge is 2.31. The van der Waals surface area contributed by atoms with Crippen molar-refractivity contribution in [2.75, 3.05) is 11.9 Å². The second-order valence-electron chi connectivity index (χ2n) is 4.45. The molecule has 0 aliphatic rings. The normalized spacial score (nSPS) is 13.4. The monoisotopic (exact) mass is 278 g/mol. The summed E-state index contributed by atoms with van der Waals surface area (Å²) >= 11 is 0. The number of nitrogens with zero attached hydrogens (tertiary/aromatic N) is 1. The number of nitrogens with one attached hydrogen (secondary N) is 1. The Morgan fingerprint density at radius 3 is 2.53 bits per heavy atom. The Labute approximate surface area is 109 Å². The first-order valence-electron chi connectivity index (χ1n) is 5.91. The van der Waals surface area contributed by atoms with E-state index in [0.717, 1.165) is 6.20 Å². The minimum absolute atomic E-state index is 0.164. The minimum atomic E-state index is -4.71. The summed E-state index contributed by atoms with van der Waals surface area (Å²) in [6.07, 6.45) is -3.59. The van der Waals surface area contributed by atoms with Gasteiger partial charge in [0, 0.05) is 6.54 Å². The molecule has 1 rings (SSSR count). The summed E-state index contributed by atoms with van der Waals surface area (Å²) in [5.74, 6) is 0.239. The van der Waals surface area contributed by atoms with Gasteiger partial charge in [-0.2, -0.15) is 0 Å². The van der Waals surface area contributed by atoms with Crippen molar-refractivity contribution in [1.29, 1.82) is 0 Å². The van der Waals surface area contributed by atoms with Crippen molar-refractivity contribution in [3.63, 3.8) is 0 Å². The lowest BCUT2D eigenvalue weighted by molar-refractivity contribution is -0.274. The molecule has 1 atom stereocenters. The molecule has 1 aromatic heterocycles. The van der Waals surface area contributed by atoms with E-state index in [1.54, 1.807) is 0 Å². The second-order valence-corrected chi connectivity index (χ2v) is 4.45. The van der Waals surface area contributed by atoms with E-state index in [1.165, 1.54) is 12.1 Å². The van der Waals surface area contributed by atoms with Crippen molar-refractivity contribution < 1.29 is 23.0 Å². The molecular formula is C12H17F3N2O2. The first kappa shape index (κ1) is 15.6. The van der Waals surface area contributed by atoms with Crippen molar-refractivity contribution in [3.8, 4) is 5.75 Å². The molecule has 108 valence electrons. The fourth-order valence-electron chi connectivity index (χ4n) is 1.36. The SMILES string of the molecule is CC(C)C(O)CCNc1ccc(OC(F)(F)F)cn1. The zero-order valence-corrected chi connectivity index (χ0v) is 10.7. The van der Waals surface area contributed by atoms with Gasteiger partial charge in [-0.3, -0.25) is 0 Å². The molecule has 0 aliphatic carbocycles. The molecule has 0 aromatic carbocycles. The summed E-state index contributed by atoms with van der Waals surface area (Å²) < 4.78 is 39.4. The molecule has 1 heterocycles. The van der Waals surface area contributed by atoms with E-state index in [2.05, 4.69) is 15.0 Å². The molecule has 2 N–H and O–H groups in total. The number of hydrogen-bond acceptors (Lipinski definition) is 4. The molecule has 0 spiro atoms. The van der Waals surface area contributed by atoms with Crippen LogP contribution in [0.25, 0.3) is 0 Å². The van der Waals surface area contributed by atoms with Crippen LogP contribution in [-0.2, 0) is 0 Å². The molecule has 0 amide bonds. The number of hydrogen-bond donors (Lipinski definition) is 2. The summed E-state index contributed by atoms with van der Waals surface area (Å²) in [5, 5.41) is 12.5. The van der Waals surface area contributed by atoms with Gasteiger partial charge in [0.2, 0.25) is 0 Å². The number of alkyl halides is 3. The third-order valence-corrected chi connectivity index (χ3v) is 2.49. The van der Waals surface area contributed by atoms with Crippen LogP contribution in [-0.4, -0.2) is 29.1 Å². The van der Waals surface area contributed by atoms with Crippen molar-refractivity contribution in [2.45, 2.75) is 32.7 Å². The van der Waals surface area contributed by atoms with Gasteiger partial charge in [0.05, 0.1) is 12.3 Å². The number of rotatable bonds is 6. The molecule has 19 heavy (non-hydrogen) atoms. The minimum Gasteiger partial charge on any atom is -0.404 e. The summed E-state index contributed by atoms with van der Waals surface area (Å²) in [4.78, 5) is 3.79. The number of aliphatic hydroxyl groups excluding tert-OH is 1. The molecule has 0 saturated heterocycles. The number of pyridine rings is 1. The molecule has 0 saturated carbocycles. The van der Waals surface area contributed by atoms with Gasteiger partial charge in [0.15, 0.2) is 0 Å². The van der Waals surface area contributed by atoms with Crippen molar-refractivity contribution in [1.82, 2.24) is 4.98 Å². The van der Waals surface area contributed by atoms with E-state index in [0.29, 0.717) is 18.8 Å². The third kappa shape index (κ3) is 6.28. The average molecular weight is 278 g/mol. The molecule has 0 aliphatic heterocycles. The van der Waals surface area contributed by atoms with Gasteiger partial charge in [-0.25, -0.2) is 4.98 Å². The van der Waals surface area contributed by atoms with Gasteiger partial charge in [0.1, 0.15) is 11.6 Å². The predicted octanol–water partition coefficient (Wildman–Crippen LogP) is 2.80. The standard InChI is InChI=1S/C12H17F3N2O2/c1-8(2)10(18)5-6-16-11-4-3-9(7-17-11)19-12(13,14)15/h3-4,7-8,10,18H,5-6H2,1-2H3,(H,16,17). The van der Waals surface area contributed by atoms with E-state index in [-0.39, 0.29) is 11.7 Å². The first-order chi connectivity index (χ1) is 8.78. The summed E-state index contributed by atoms with van der Waals surface area (Å²) in [6, 6.07) is 2.57. The van der Waals surface area contributed by atoms with Gasteiger partial charge in [0.25, 0.3) is 0 Å². The van der Waals surface area contributed by atoms with Crippen LogP contribution in [0.4, 0.5) is 19.0 Å². The van der Waals surface area contributed by atoms with Crippen LogP contribution in [0.1, 0.15) is 20.3 Å². The molecule has 4 nitrogen and oxygen atoms in total. The Kier molecular flexibility index (Phi) is 5.41. The molecule has 0 radical (unpaired) electrons. The van der Waals surface area contributed by atoms with Gasteiger partial charge in [-0.15, -0.1) is 13.2 Å². The highest BCUT2D eigenvalue weighted by atomic mass is 19.4. The molecular weight excluding hydrogens is 261 g/mol. The van der Waals surface area contributed by atoms with Gasteiger partial charge in [-0.1, -0.05) is 13.8 Å². The quantitative estimate of drug-likeness (QED) is 0.840. The van der Waals surface area contributed by atoms with E-state index in [9.17, 15) is 18.3 Å². The highest BCUT2D eigenvalue weighted by molar-refractivity contribution is 5.37. The molecule has 1 unspecified atom stereocenters. The highest BCUT2D eigenvalue weighted by Crippen LogP contribution is 2.22. The van der Waals surface area contributed by atoms with Crippen molar-refractivity contribution in [3.05, 3.63) is 18.3 Å². The number of aliphatic hydroxyl groups is 1. The van der Waals surface area contributed by atoms with Crippen LogP contribution < -0.4 is 10.1 Å². The lowest BCUT2D eigenvalue weighted by Gasteiger charge is -2.14. The summed E-state index contributed by atoms with van der Waals surface area (Å²) in [7, 11) is 0. The number of ether oxygens (including phenoxy) is 1. The first-order valence-corrected chi connectivity index (χ1v) is 5.91. The third-order valence-electron chi connectivity index (χ3n) is 2.49. The van der Waals surface area contributed by atoms with Crippen LogP contribution >= 0.6 is 0 Å². The lowest BCUT2D eigenvalue weighted by atomic mass is 10.0. The van der Waals surface area contributed by atoms with Crippen molar-refractivity contribution >= 4 is 5.82 Å². The fraction of sp³-hybridized carbons (Fsp3) is 0.583. The lowest BCUT2D eigenvalue weighted by Crippen LogP contribution is -2.19. The van der Waals surface area contributed by atoms with Crippen LogP contribution in [0.3, 0.4) is 0 Å². The van der Waals surface area contributed by atoms with Crippen LogP contribution in [0.15, 0.2) is 18.3 Å². The van der Waals surface area contributed by atoms with Crippen molar-refractivity contribution in [2.24, 2.45) is 5.92 Å². The number of aromatic nitrogens is 1. The maximum Gasteiger partial charge on any atom is 0.573 e. The summed E-state index contributed by atoms with van der Waals surface area (Å²) in [6.45, 7) is 4.31. The van der Waals surface area contributed by atoms with Crippen LogP contribution in [0, 0.1) is 5.92 Å². The van der Waals surface area contributed by atoms with E-state index < -0.39 is 12.5 Å². The van der Waals surface area contributed by atoms with Gasteiger partial charge < -0.3 is 15.2 Å². The summed E-state index contributed by atoms with van der Waals surface area (Å²) in [5.41, 5.74) is 0. The Morgan fingerprint density at radius 1 is 1.37 bits per heavy atom. The molecule has 1 aromatic rings. The molecule has 0 fully saturated rings. The largest absolute Gasteiger partial charge is 0.573 e. The zero-order chi connectivity index (χ0) is 14.5. The van der Waals surface area contributed by atoms with E-state index >= 15 is 0 Å². The number of anilines is 1.